The third kappa shape index (κ3) is 7.79. The van der Waals surface area contributed by atoms with E-state index in [0.717, 1.165) is 0 Å². The van der Waals surface area contributed by atoms with E-state index in [2.05, 4.69) is 4.74 Å². The summed E-state index contributed by atoms with van der Waals surface area (Å²) in [7, 11) is -0.435. The summed E-state index contributed by atoms with van der Waals surface area (Å²) in [6, 6.07) is 0. The van der Waals surface area contributed by atoms with Crippen LogP contribution in [0.1, 0.15) is 19.3 Å². The summed E-state index contributed by atoms with van der Waals surface area (Å²) in [5, 5.41) is 0. The highest BCUT2D eigenvalue weighted by atomic mass is 28.4. The lowest BCUT2D eigenvalue weighted by Crippen LogP contribution is -2.29. The van der Waals surface area contributed by atoms with Crippen LogP contribution in [0.5, 0.6) is 0 Å². The number of methoxy groups -OCH3 is 1. The summed E-state index contributed by atoms with van der Waals surface area (Å²) in [6.45, 7) is 5.85. The standard InChI is InChI=1S/C9H18O4Si/c1-12-8(10)6-5-7-9(11)13-14(2,3)4/h5-7H2,1-4H3. The van der Waals surface area contributed by atoms with E-state index in [-0.39, 0.29) is 18.4 Å². The quantitative estimate of drug-likeness (QED) is 0.520. The molecule has 0 saturated carbocycles. The van der Waals surface area contributed by atoms with Gasteiger partial charge in [0.25, 0.3) is 5.97 Å². The average Bonchev–Trinajstić information content (AvgIpc) is 2.00. The summed E-state index contributed by atoms with van der Waals surface area (Å²) in [6.07, 6.45) is 1.06. The van der Waals surface area contributed by atoms with Crippen molar-refractivity contribution in [3.63, 3.8) is 0 Å². The van der Waals surface area contributed by atoms with Crippen molar-refractivity contribution in [3.05, 3.63) is 0 Å². The molecular formula is C9H18O4Si. The maximum atomic E-state index is 11.2. The number of ether oxygens (including phenoxy) is 1. The highest BCUT2D eigenvalue weighted by Crippen LogP contribution is 2.06. The molecule has 0 spiro atoms. The molecule has 0 atom stereocenters. The van der Waals surface area contributed by atoms with Crippen LogP contribution in [0, 0.1) is 0 Å². The number of carbonyl (C=O) groups excluding carboxylic acids is 2. The van der Waals surface area contributed by atoms with Crippen LogP contribution in [0.3, 0.4) is 0 Å². The molecule has 0 unspecified atom stereocenters. The first-order valence-corrected chi connectivity index (χ1v) is 8.04. The van der Waals surface area contributed by atoms with Gasteiger partial charge in [-0.3, -0.25) is 9.59 Å². The van der Waals surface area contributed by atoms with Gasteiger partial charge in [-0.1, -0.05) is 0 Å². The Labute approximate surface area is 85.7 Å². The number of hydrogen-bond donors (Lipinski definition) is 0. The fourth-order valence-corrected chi connectivity index (χ4v) is 1.66. The van der Waals surface area contributed by atoms with Gasteiger partial charge >= 0.3 is 5.97 Å². The summed E-state index contributed by atoms with van der Waals surface area (Å²) in [5.74, 6) is -0.501. The van der Waals surface area contributed by atoms with Crippen molar-refractivity contribution >= 4 is 20.3 Å². The van der Waals surface area contributed by atoms with Gasteiger partial charge < -0.3 is 9.16 Å². The highest BCUT2D eigenvalue weighted by Gasteiger charge is 2.19. The van der Waals surface area contributed by atoms with E-state index < -0.39 is 8.32 Å². The molecule has 0 aliphatic carbocycles. The van der Waals surface area contributed by atoms with Gasteiger partial charge in [-0.05, 0) is 26.1 Å². The smallest absolute Gasteiger partial charge is 0.305 e. The molecule has 0 aliphatic rings. The molecule has 0 aliphatic heterocycles. The molecule has 0 rings (SSSR count). The minimum atomic E-state index is -1.77. The van der Waals surface area contributed by atoms with Gasteiger partial charge in [0.05, 0.1) is 7.11 Å². The molecule has 4 nitrogen and oxygen atoms in total. The molecular weight excluding hydrogens is 200 g/mol. The maximum absolute atomic E-state index is 11.2. The van der Waals surface area contributed by atoms with E-state index in [4.69, 9.17) is 4.43 Å². The van der Waals surface area contributed by atoms with E-state index in [1.54, 1.807) is 0 Å². The summed E-state index contributed by atoms with van der Waals surface area (Å²) >= 11 is 0. The lowest BCUT2D eigenvalue weighted by atomic mass is 10.2. The van der Waals surface area contributed by atoms with Gasteiger partial charge in [0, 0.05) is 12.8 Å². The number of carbonyl (C=O) groups is 2. The Bertz CT molecular complexity index is 207. The van der Waals surface area contributed by atoms with E-state index in [9.17, 15) is 9.59 Å². The molecule has 0 aromatic heterocycles. The van der Waals surface area contributed by atoms with E-state index >= 15 is 0 Å². The normalized spacial score (nSPS) is 10.9. The molecule has 82 valence electrons. The van der Waals surface area contributed by atoms with Gasteiger partial charge in [-0.15, -0.1) is 0 Å². The molecule has 0 aromatic carbocycles. The SMILES string of the molecule is COC(=O)CCCC(=O)O[Si](C)(C)C. The Kier molecular flexibility index (Phi) is 5.45. The van der Waals surface area contributed by atoms with Crippen molar-refractivity contribution in [3.8, 4) is 0 Å². The van der Waals surface area contributed by atoms with Crippen molar-refractivity contribution in [2.24, 2.45) is 0 Å². The number of esters is 1. The first-order chi connectivity index (χ1) is 6.35. The molecule has 0 fully saturated rings. The predicted octanol–water partition coefficient (Wildman–Crippen LogP) is 1.71. The first kappa shape index (κ1) is 13.2. The van der Waals surface area contributed by atoms with Gasteiger partial charge in [-0.25, -0.2) is 0 Å². The Hall–Kier alpha value is -0.843. The van der Waals surface area contributed by atoms with Gasteiger partial charge in [0.1, 0.15) is 0 Å². The fourth-order valence-electron chi connectivity index (χ4n) is 0.872. The number of hydrogen-bond acceptors (Lipinski definition) is 4. The predicted molar refractivity (Wildman–Crippen MR) is 55.3 cm³/mol. The monoisotopic (exact) mass is 218 g/mol. The lowest BCUT2D eigenvalue weighted by molar-refractivity contribution is -0.141. The summed E-state index contributed by atoms with van der Waals surface area (Å²) in [5.41, 5.74) is 0. The fraction of sp³-hybridized carbons (Fsp3) is 0.778. The van der Waals surface area contributed by atoms with Gasteiger partial charge in [0.2, 0.25) is 8.32 Å². The molecule has 0 radical (unpaired) electrons. The van der Waals surface area contributed by atoms with Crippen LogP contribution in [-0.4, -0.2) is 27.4 Å². The molecule has 5 heteroatoms. The van der Waals surface area contributed by atoms with Crippen molar-refractivity contribution in [2.75, 3.05) is 7.11 Å². The van der Waals surface area contributed by atoms with Crippen LogP contribution in [0.4, 0.5) is 0 Å². The molecule has 0 amide bonds. The van der Waals surface area contributed by atoms with Crippen LogP contribution in [0.2, 0.25) is 19.6 Å². The Morgan fingerprint density at radius 1 is 1.07 bits per heavy atom. The third-order valence-corrected chi connectivity index (χ3v) is 2.25. The second-order valence-corrected chi connectivity index (χ2v) is 8.44. The minimum absolute atomic E-state index is 0.215. The molecule has 0 heterocycles. The zero-order chi connectivity index (χ0) is 11.2. The van der Waals surface area contributed by atoms with Crippen LogP contribution in [-0.2, 0) is 18.8 Å². The minimum Gasteiger partial charge on any atom is -0.520 e. The second kappa shape index (κ2) is 5.80. The van der Waals surface area contributed by atoms with E-state index in [1.807, 2.05) is 19.6 Å². The lowest BCUT2D eigenvalue weighted by Gasteiger charge is -2.16. The molecule has 0 saturated heterocycles. The van der Waals surface area contributed by atoms with Crippen LogP contribution in [0.15, 0.2) is 0 Å². The largest absolute Gasteiger partial charge is 0.520 e. The summed E-state index contributed by atoms with van der Waals surface area (Å²) < 4.78 is 9.65. The van der Waals surface area contributed by atoms with Crippen molar-refractivity contribution < 1.29 is 18.8 Å². The molecule has 0 bridgehead atoms. The van der Waals surface area contributed by atoms with Crippen molar-refractivity contribution in [1.29, 1.82) is 0 Å². The Morgan fingerprint density at radius 3 is 2.00 bits per heavy atom. The summed E-state index contributed by atoms with van der Waals surface area (Å²) in [4.78, 5) is 21.9. The van der Waals surface area contributed by atoms with Crippen LogP contribution in [0.25, 0.3) is 0 Å². The van der Waals surface area contributed by atoms with Gasteiger partial charge in [-0.2, -0.15) is 0 Å². The van der Waals surface area contributed by atoms with Gasteiger partial charge in [0.15, 0.2) is 0 Å². The average molecular weight is 218 g/mol. The maximum Gasteiger partial charge on any atom is 0.305 e. The zero-order valence-corrected chi connectivity index (χ0v) is 10.3. The topological polar surface area (TPSA) is 52.6 Å². The Balaban J connectivity index is 3.60. The first-order valence-electron chi connectivity index (χ1n) is 4.64. The van der Waals surface area contributed by atoms with Crippen molar-refractivity contribution in [2.45, 2.75) is 38.9 Å². The van der Waals surface area contributed by atoms with Crippen LogP contribution < -0.4 is 0 Å². The zero-order valence-electron chi connectivity index (χ0n) is 9.25. The highest BCUT2D eigenvalue weighted by molar-refractivity contribution is 6.71. The van der Waals surface area contributed by atoms with E-state index in [0.29, 0.717) is 12.8 Å². The van der Waals surface area contributed by atoms with Crippen LogP contribution >= 0.6 is 0 Å². The number of rotatable bonds is 5. The molecule has 0 aromatic rings. The second-order valence-electron chi connectivity index (χ2n) is 4.02. The van der Waals surface area contributed by atoms with E-state index in [1.165, 1.54) is 7.11 Å². The molecule has 14 heavy (non-hydrogen) atoms. The molecule has 0 N–H and O–H groups in total. The third-order valence-electron chi connectivity index (χ3n) is 1.41. The van der Waals surface area contributed by atoms with Crippen molar-refractivity contribution in [1.82, 2.24) is 0 Å². The Morgan fingerprint density at radius 2 is 1.57 bits per heavy atom.